The summed E-state index contributed by atoms with van der Waals surface area (Å²) < 4.78 is 0. The van der Waals surface area contributed by atoms with E-state index in [-0.39, 0.29) is 4.70 Å². The van der Waals surface area contributed by atoms with Crippen molar-refractivity contribution in [2.45, 2.75) is 65.0 Å². The van der Waals surface area contributed by atoms with Crippen LogP contribution in [0.1, 0.15) is 59.8 Å². The first-order chi connectivity index (χ1) is 5.48. The van der Waals surface area contributed by atoms with Crippen LogP contribution in [0.3, 0.4) is 0 Å². The summed E-state index contributed by atoms with van der Waals surface area (Å²) in [5, 5.41) is 0.423. The third-order valence-corrected chi connectivity index (χ3v) is 3.33. The van der Waals surface area contributed by atoms with Crippen molar-refractivity contribution in [2.75, 3.05) is 0 Å². The van der Waals surface area contributed by atoms with Gasteiger partial charge in [-0.25, -0.2) is 0 Å². The maximum absolute atomic E-state index is 2.95. The lowest BCUT2D eigenvalue weighted by atomic mass is 9.91. The molecule has 0 rings (SSSR count). The van der Waals surface area contributed by atoms with E-state index in [0.717, 1.165) is 5.92 Å². The van der Waals surface area contributed by atoms with Gasteiger partial charge in [0.2, 0.25) is 0 Å². The number of unbranched alkanes of at least 4 members (excludes halogenated alkanes) is 3. The Kier molecular flexibility index (Phi) is 9.41. The molecule has 0 bridgehead atoms. The molecule has 0 N–H and O–H groups in total. The molecule has 0 fully saturated rings. The Hall–Kier alpha value is 0.360. The van der Waals surface area contributed by atoms with Gasteiger partial charge in [0.15, 0.2) is 0 Å². The molecule has 0 aromatic rings. The van der Waals surface area contributed by atoms with E-state index in [9.17, 15) is 0 Å². The Morgan fingerprint density at radius 3 is 2.08 bits per heavy atom. The highest BCUT2D eigenvalue weighted by Gasteiger charge is 2.18. The predicted octanol–water partition coefficient (Wildman–Crippen LogP) is 4.40. The van der Waals surface area contributed by atoms with Gasteiger partial charge in [0.1, 0.15) is 0 Å². The first kappa shape index (κ1) is 15.8. The average Bonchev–Trinajstić information content (AvgIpc) is 1.96. The molecule has 2 unspecified atom stereocenters. The molecule has 0 nitrogen and oxygen atoms in total. The van der Waals surface area contributed by atoms with Crippen molar-refractivity contribution in [3.05, 3.63) is 0 Å². The molecule has 2 heteroatoms. The van der Waals surface area contributed by atoms with Gasteiger partial charge in [-0.15, -0.1) is 9.24 Å². The molecule has 0 aliphatic carbocycles. The molecule has 0 aliphatic rings. The van der Waals surface area contributed by atoms with Crippen molar-refractivity contribution in [2.24, 2.45) is 5.92 Å². The predicted molar refractivity (Wildman–Crippen MR) is 64.2 cm³/mol. The first-order valence-electron chi connectivity index (χ1n) is 5.27. The van der Waals surface area contributed by atoms with Gasteiger partial charge in [0, 0.05) is 0 Å². The van der Waals surface area contributed by atoms with E-state index in [0.29, 0.717) is 5.16 Å². The average molecular weight is 208 g/mol. The third kappa shape index (κ3) is 8.68. The lowest BCUT2D eigenvalue weighted by molar-refractivity contribution is 0.408. The molecule has 82 valence electrons. The summed E-state index contributed by atoms with van der Waals surface area (Å²) in [6.07, 6.45) is 6.97. The van der Waals surface area contributed by atoms with Gasteiger partial charge in [0.05, 0.1) is 0 Å². The molecule has 0 saturated heterocycles. The van der Waals surface area contributed by atoms with Crippen LogP contribution in [-0.4, -0.2) is 5.16 Å². The van der Waals surface area contributed by atoms with E-state index >= 15 is 0 Å². The highest BCUT2D eigenvalue weighted by atomic mass is 31.0. The van der Waals surface area contributed by atoms with Crippen LogP contribution in [0.4, 0.5) is 4.70 Å². The summed E-state index contributed by atoms with van der Waals surface area (Å²) in [5.74, 6) is 0.833. The number of hydrogen-bond donors (Lipinski definition) is 0. The topological polar surface area (TPSA) is 0 Å². The molecule has 13 heavy (non-hydrogen) atoms. The number of hydrogen-bond acceptors (Lipinski definition) is 0. The fourth-order valence-corrected chi connectivity index (χ4v) is 1.42. The second kappa shape index (κ2) is 7.74. The van der Waals surface area contributed by atoms with E-state index in [2.05, 4.69) is 36.9 Å². The summed E-state index contributed by atoms with van der Waals surface area (Å²) in [5.41, 5.74) is 0. The summed E-state index contributed by atoms with van der Waals surface area (Å²) in [7, 11) is 2.95. The van der Waals surface area contributed by atoms with Crippen LogP contribution in [0.15, 0.2) is 0 Å². The quantitative estimate of drug-likeness (QED) is 0.448. The Morgan fingerprint density at radius 1 is 1.15 bits per heavy atom. The van der Waals surface area contributed by atoms with Gasteiger partial charge in [-0.2, -0.15) is 0 Å². The lowest BCUT2D eigenvalue weighted by Gasteiger charge is -2.26. The van der Waals surface area contributed by atoms with Gasteiger partial charge in [-0.1, -0.05) is 53.4 Å². The number of rotatable bonds is 6. The van der Waals surface area contributed by atoms with Crippen LogP contribution in [0.25, 0.3) is 0 Å². The van der Waals surface area contributed by atoms with Gasteiger partial charge >= 0.3 is 0 Å². The van der Waals surface area contributed by atoms with E-state index in [1.807, 2.05) is 0 Å². The SMILES string of the molecule is CCCCCCC(C)C(C)(C)P.F. The van der Waals surface area contributed by atoms with Crippen molar-refractivity contribution >= 4 is 9.24 Å². The zero-order valence-corrected chi connectivity index (χ0v) is 10.8. The Morgan fingerprint density at radius 2 is 1.69 bits per heavy atom. The zero-order chi connectivity index (χ0) is 9.61. The van der Waals surface area contributed by atoms with E-state index < -0.39 is 0 Å². The van der Waals surface area contributed by atoms with E-state index in [1.54, 1.807) is 0 Å². The van der Waals surface area contributed by atoms with Crippen molar-refractivity contribution in [1.29, 1.82) is 0 Å². The van der Waals surface area contributed by atoms with Crippen LogP contribution < -0.4 is 0 Å². The van der Waals surface area contributed by atoms with Gasteiger partial charge in [-0.3, -0.25) is 4.70 Å². The van der Waals surface area contributed by atoms with Crippen molar-refractivity contribution < 1.29 is 4.70 Å². The molecule has 0 spiro atoms. The monoisotopic (exact) mass is 208 g/mol. The Bertz CT molecular complexity index is 107. The van der Waals surface area contributed by atoms with Crippen molar-refractivity contribution in [1.82, 2.24) is 0 Å². The van der Waals surface area contributed by atoms with Crippen LogP contribution in [0.2, 0.25) is 0 Å². The third-order valence-electron chi connectivity index (χ3n) is 2.76. The Labute approximate surface area is 85.4 Å². The van der Waals surface area contributed by atoms with Crippen molar-refractivity contribution in [3.8, 4) is 0 Å². The normalized spacial score (nSPS) is 13.6. The fraction of sp³-hybridized carbons (Fsp3) is 1.00. The van der Waals surface area contributed by atoms with E-state index in [4.69, 9.17) is 0 Å². The maximum atomic E-state index is 2.95. The maximum Gasteiger partial charge on any atom is -0.0181 e. The largest absolute Gasteiger partial charge is 0.269 e. The highest BCUT2D eigenvalue weighted by Crippen LogP contribution is 2.30. The van der Waals surface area contributed by atoms with Gasteiger partial charge in [0.25, 0.3) is 0 Å². The minimum Gasteiger partial charge on any atom is -0.269 e. The van der Waals surface area contributed by atoms with Crippen LogP contribution in [0, 0.1) is 5.92 Å². The fourth-order valence-electron chi connectivity index (χ4n) is 1.25. The summed E-state index contributed by atoms with van der Waals surface area (Å²) in [6, 6.07) is 0. The first-order valence-corrected chi connectivity index (χ1v) is 5.85. The minimum atomic E-state index is 0. The standard InChI is InChI=1S/C11H25P.FH/c1-5-6-7-8-9-10(2)11(3,4)12;/h10H,5-9,12H2,1-4H3;1H. The smallest absolute Gasteiger partial charge is 0.0181 e. The number of halogens is 1. The molecule has 0 radical (unpaired) electrons. The molecule has 0 aromatic carbocycles. The summed E-state index contributed by atoms with van der Waals surface area (Å²) in [4.78, 5) is 0. The molecule has 0 aromatic heterocycles. The molecule has 0 aliphatic heterocycles. The zero-order valence-electron chi connectivity index (χ0n) is 9.60. The summed E-state index contributed by atoms with van der Waals surface area (Å²) in [6.45, 7) is 9.24. The molecule has 0 saturated carbocycles. The van der Waals surface area contributed by atoms with Gasteiger partial charge < -0.3 is 0 Å². The summed E-state index contributed by atoms with van der Waals surface area (Å²) >= 11 is 0. The molecule has 0 amide bonds. The molecule has 2 atom stereocenters. The highest BCUT2D eigenvalue weighted by molar-refractivity contribution is 7.18. The van der Waals surface area contributed by atoms with E-state index in [1.165, 1.54) is 32.1 Å². The molecule has 0 heterocycles. The molecular formula is C11H26FP. The van der Waals surface area contributed by atoms with Crippen molar-refractivity contribution in [3.63, 3.8) is 0 Å². The van der Waals surface area contributed by atoms with Crippen LogP contribution in [0.5, 0.6) is 0 Å². The Balaban J connectivity index is 0. The minimum absolute atomic E-state index is 0. The van der Waals surface area contributed by atoms with Crippen LogP contribution in [-0.2, 0) is 0 Å². The lowest BCUT2D eigenvalue weighted by Crippen LogP contribution is -2.20. The second-order valence-electron chi connectivity index (χ2n) is 4.57. The van der Waals surface area contributed by atoms with Crippen LogP contribution >= 0.6 is 9.24 Å². The molecular weight excluding hydrogens is 182 g/mol. The van der Waals surface area contributed by atoms with Gasteiger partial charge in [-0.05, 0) is 17.5 Å². The second-order valence-corrected chi connectivity index (χ2v) is 6.06.